The van der Waals surface area contributed by atoms with Crippen LogP contribution in [-0.2, 0) is 19.4 Å². The molecule has 1 aliphatic carbocycles. The van der Waals surface area contributed by atoms with Gasteiger partial charge >= 0.3 is 0 Å². The number of carbonyl (C=O) groups excluding carboxylic acids is 1. The van der Waals surface area contributed by atoms with Crippen LogP contribution >= 0.6 is 27.3 Å². The van der Waals surface area contributed by atoms with E-state index in [4.69, 9.17) is 14.5 Å². The fourth-order valence-electron chi connectivity index (χ4n) is 4.58. The Labute approximate surface area is 244 Å². The number of hydrogen-bond donors (Lipinski definition) is 1. The van der Waals surface area contributed by atoms with Crippen molar-refractivity contribution in [2.75, 3.05) is 12.4 Å². The topological polar surface area (TPSA) is 103 Å². The number of rotatable bonds is 9. The summed E-state index contributed by atoms with van der Waals surface area (Å²) in [7, 11) is 1.56. The Balaban J connectivity index is 1.46. The number of fused-ring (bicyclic) bond motifs is 1. The van der Waals surface area contributed by atoms with Crippen LogP contribution in [0.15, 0.2) is 76.2 Å². The van der Waals surface area contributed by atoms with Crippen LogP contribution in [0.4, 0.5) is 16.4 Å². The average Bonchev–Trinajstić information content (AvgIpc) is 3.34. The highest BCUT2D eigenvalue weighted by Crippen LogP contribution is 2.41. The van der Waals surface area contributed by atoms with Gasteiger partial charge in [-0.1, -0.05) is 34.1 Å². The lowest BCUT2D eigenvalue weighted by atomic mass is 9.95. The molecule has 0 atom stereocenters. The maximum atomic E-state index is 13.5. The number of methoxy groups -OCH3 is 1. The van der Waals surface area contributed by atoms with Gasteiger partial charge < -0.3 is 14.8 Å². The van der Waals surface area contributed by atoms with Crippen LogP contribution in [0.5, 0.6) is 11.5 Å². The molecule has 1 aromatic heterocycles. The van der Waals surface area contributed by atoms with Gasteiger partial charge in [-0.25, -0.2) is 4.99 Å². The largest absolute Gasteiger partial charge is 0.493 e. The molecule has 8 nitrogen and oxygen atoms in total. The molecule has 0 bridgehead atoms. The first kappa shape index (κ1) is 27.5. The quantitative estimate of drug-likeness (QED) is 0.116. The van der Waals surface area contributed by atoms with Crippen LogP contribution in [0.2, 0.25) is 0 Å². The molecule has 0 spiro atoms. The zero-order valence-corrected chi connectivity index (χ0v) is 24.1. The van der Waals surface area contributed by atoms with Crippen molar-refractivity contribution in [2.45, 2.75) is 32.3 Å². The molecule has 1 amide bonds. The van der Waals surface area contributed by atoms with E-state index in [-0.39, 0.29) is 18.2 Å². The number of anilines is 1. The van der Waals surface area contributed by atoms with Crippen LogP contribution < -0.4 is 14.8 Å². The normalized spacial score (nSPS) is 12.7. The number of aryl methyl sites for hydroxylation is 1. The number of amides is 1. The van der Waals surface area contributed by atoms with Gasteiger partial charge in [0.05, 0.1) is 17.6 Å². The van der Waals surface area contributed by atoms with E-state index in [2.05, 4.69) is 21.2 Å². The molecule has 1 aliphatic rings. The van der Waals surface area contributed by atoms with Gasteiger partial charge in [-0.15, -0.1) is 11.3 Å². The van der Waals surface area contributed by atoms with Crippen LogP contribution in [0, 0.1) is 10.1 Å². The van der Waals surface area contributed by atoms with Gasteiger partial charge in [0, 0.05) is 38.9 Å². The highest BCUT2D eigenvalue weighted by Gasteiger charge is 2.25. The highest BCUT2D eigenvalue weighted by molar-refractivity contribution is 9.10. The van der Waals surface area contributed by atoms with Crippen molar-refractivity contribution < 1.29 is 19.2 Å². The third-order valence-electron chi connectivity index (χ3n) is 6.53. The highest BCUT2D eigenvalue weighted by atomic mass is 79.9. The van der Waals surface area contributed by atoms with E-state index in [1.807, 2.05) is 36.4 Å². The summed E-state index contributed by atoms with van der Waals surface area (Å²) in [5.41, 5.74) is 3.88. The van der Waals surface area contributed by atoms with E-state index in [0.29, 0.717) is 27.6 Å². The third-order valence-corrected chi connectivity index (χ3v) is 8.19. The molecule has 0 unspecified atom stereocenters. The number of halogens is 1. The number of thiophene rings is 1. The number of nitrogens with zero attached hydrogens (tertiary/aromatic N) is 2. The lowest BCUT2D eigenvalue weighted by molar-refractivity contribution is -0.384. The molecule has 10 heteroatoms. The van der Waals surface area contributed by atoms with Gasteiger partial charge in [0.25, 0.3) is 11.6 Å². The molecule has 0 saturated heterocycles. The maximum Gasteiger partial charge on any atom is 0.269 e. The summed E-state index contributed by atoms with van der Waals surface area (Å²) in [6.45, 7) is 0.175. The van der Waals surface area contributed by atoms with Crippen molar-refractivity contribution in [2.24, 2.45) is 4.99 Å². The van der Waals surface area contributed by atoms with Crippen molar-refractivity contribution in [1.82, 2.24) is 0 Å². The predicted molar refractivity (Wildman–Crippen MR) is 161 cm³/mol. The Morgan fingerprint density at radius 3 is 2.60 bits per heavy atom. The number of ether oxygens (including phenoxy) is 2. The minimum atomic E-state index is -0.437. The molecule has 0 saturated carbocycles. The Kier molecular flexibility index (Phi) is 8.57. The first-order chi connectivity index (χ1) is 19.4. The van der Waals surface area contributed by atoms with Gasteiger partial charge in [-0.05, 0) is 73.2 Å². The first-order valence-electron chi connectivity index (χ1n) is 12.7. The van der Waals surface area contributed by atoms with E-state index >= 15 is 0 Å². The van der Waals surface area contributed by atoms with Gasteiger partial charge in [-0.3, -0.25) is 14.9 Å². The Bertz CT molecular complexity index is 1570. The molecule has 5 rings (SSSR count). The lowest BCUT2D eigenvalue weighted by Gasteiger charge is -2.14. The fraction of sp³-hybridized carbons (Fsp3) is 0.200. The summed E-state index contributed by atoms with van der Waals surface area (Å²) >= 11 is 5.09. The second-order valence-electron chi connectivity index (χ2n) is 9.21. The van der Waals surface area contributed by atoms with Gasteiger partial charge in [-0.2, -0.15) is 0 Å². The number of para-hydroxylation sites is 1. The third kappa shape index (κ3) is 6.24. The van der Waals surface area contributed by atoms with E-state index < -0.39 is 4.92 Å². The van der Waals surface area contributed by atoms with Crippen LogP contribution in [0.1, 0.15) is 44.8 Å². The van der Waals surface area contributed by atoms with Crippen molar-refractivity contribution in [3.63, 3.8) is 0 Å². The molecule has 1 heterocycles. The van der Waals surface area contributed by atoms with E-state index in [9.17, 15) is 14.9 Å². The van der Waals surface area contributed by atoms with Crippen LogP contribution in [0.25, 0.3) is 0 Å². The number of aliphatic imine (C=N–C) groups is 1. The Morgan fingerprint density at radius 1 is 1.12 bits per heavy atom. The van der Waals surface area contributed by atoms with E-state index in [0.717, 1.165) is 47.0 Å². The Morgan fingerprint density at radius 2 is 1.88 bits per heavy atom. The summed E-state index contributed by atoms with van der Waals surface area (Å²) in [6, 6.07) is 19.3. The number of carbonyl (C=O) groups is 1. The fourth-order valence-corrected chi connectivity index (χ4v) is 6.27. The molecule has 40 heavy (non-hydrogen) atoms. The van der Waals surface area contributed by atoms with Crippen molar-refractivity contribution in [3.8, 4) is 11.5 Å². The molecular formula is C30H26BrN3O5S. The number of benzene rings is 3. The summed E-state index contributed by atoms with van der Waals surface area (Å²) in [5.74, 6) is 0.814. The summed E-state index contributed by atoms with van der Waals surface area (Å²) in [6.07, 6.45) is 5.62. The molecular weight excluding hydrogens is 594 g/mol. The number of nitrogens with one attached hydrogen (secondary N) is 1. The van der Waals surface area contributed by atoms with Crippen LogP contribution in [0.3, 0.4) is 0 Å². The van der Waals surface area contributed by atoms with Crippen molar-refractivity contribution in [1.29, 1.82) is 0 Å². The predicted octanol–water partition coefficient (Wildman–Crippen LogP) is 7.89. The summed E-state index contributed by atoms with van der Waals surface area (Å²) in [5, 5.41) is 14.7. The number of nitro benzene ring substituents is 1. The van der Waals surface area contributed by atoms with Crippen molar-refractivity contribution in [3.05, 3.63) is 108 Å². The summed E-state index contributed by atoms with van der Waals surface area (Å²) < 4.78 is 12.5. The molecule has 204 valence electrons. The molecule has 3 aromatic carbocycles. The smallest absolute Gasteiger partial charge is 0.269 e. The monoisotopic (exact) mass is 619 g/mol. The van der Waals surface area contributed by atoms with Gasteiger partial charge in [0.2, 0.25) is 0 Å². The lowest BCUT2D eigenvalue weighted by Crippen LogP contribution is -2.14. The molecule has 1 N–H and O–H groups in total. The molecule has 0 fully saturated rings. The van der Waals surface area contributed by atoms with Gasteiger partial charge in [0.1, 0.15) is 11.6 Å². The zero-order chi connectivity index (χ0) is 28.1. The number of non-ortho nitro benzene ring substituents is 1. The minimum absolute atomic E-state index is 0.0172. The minimum Gasteiger partial charge on any atom is -0.493 e. The number of nitro groups is 1. The van der Waals surface area contributed by atoms with E-state index in [1.54, 1.807) is 42.9 Å². The first-order valence-corrected chi connectivity index (χ1v) is 14.3. The number of hydrogen-bond acceptors (Lipinski definition) is 7. The standard InChI is InChI=1S/C30H26BrN3O5S/c1-38-25-16-21(31)15-20(28(25)39-18-19-11-13-23(14-12-19)34(36)37)17-32-30-27(24-9-5-6-10-26(24)40-30)29(35)33-22-7-3-2-4-8-22/h2-4,7-8,11-17H,5-6,9-10,18H2,1H3,(H,33,35). The molecule has 4 aromatic rings. The molecule has 0 aliphatic heterocycles. The second-order valence-corrected chi connectivity index (χ2v) is 11.2. The second kappa shape index (κ2) is 12.4. The SMILES string of the molecule is COc1cc(Br)cc(C=Nc2sc3c(c2C(=O)Nc2ccccc2)CCCC3)c1OCc1ccc([N+](=O)[O-])cc1. The average molecular weight is 621 g/mol. The zero-order valence-electron chi connectivity index (χ0n) is 21.7. The summed E-state index contributed by atoms with van der Waals surface area (Å²) in [4.78, 5) is 30.0. The van der Waals surface area contributed by atoms with Crippen molar-refractivity contribution >= 4 is 55.8 Å². The van der Waals surface area contributed by atoms with E-state index in [1.165, 1.54) is 17.0 Å². The molecule has 0 radical (unpaired) electrons. The maximum absolute atomic E-state index is 13.5. The van der Waals surface area contributed by atoms with Gasteiger partial charge in [0.15, 0.2) is 11.5 Å². The Hall–Kier alpha value is -4.02. The van der Waals surface area contributed by atoms with Crippen LogP contribution in [-0.4, -0.2) is 24.2 Å².